The van der Waals surface area contributed by atoms with E-state index in [0.717, 1.165) is 18.7 Å². The standard InChI is InChI=1S/C15H21N3O2/c1-12(13-5-3-2-4-6-13)11-17-14(19)15(20)18-9-7-16-8-10-18/h2-6,12,16H,7-11H2,1H3,(H,17,19). The van der Waals surface area contributed by atoms with Crippen molar-refractivity contribution in [2.75, 3.05) is 32.7 Å². The molecule has 108 valence electrons. The van der Waals surface area contributed by atoms with Crippen LogP contribution in [0.1, 0.15) is 18.4 Å². The molecule has 1 saturated heterocycles. The van der Waals surface area contributed by atoms with Crippen LogP contribution in [0.3, 0.4) is 0 Å². The third-order valence-corrected chi connectivity index (χ3v) is 3.54. The summed E-state index contributed by atoms with van der Waals surface area (Å²) in [5.41, 5.74) is 1.16. The maximum absolute atomic E-state index is 11.9. The normalized spacial score (nSPS) is 16.6. The van der Waals surface area contributed by atoms with E-state index < -0.39 is 11.8 Å². The molecule has 0 bridgehead atoms. The smallest absolute Gasteiger partial charge is 0.311 e. The van der Waals surface area contributed by atoms with Gasteiger partial charge in [0.1, 0.15) is 0 Å². The van der Waals surface area contributed by atoms with E-state index in [1.807, 2.05) is 37.3 Å². The van der Waals surface area contributed by atoms with Crippen LogP contribution in [0.4, 0.5) is 0 Å². The Balaban J connectivity index is 1.81. The third kappa shape index (κ3) is 3.81. The molecular formula is C15H21N3O2. The molecule has 0 aliphatic carbocycles. The van der Waals surface area contributed by atoms with Crippen LogP contribution in [0, 0.1) is 0 Å². The lowest BCUT2D eigenvalue weighted by molar-refractivity contribution is -0.146. The lowest BCUT2D eigenvalue weighted by Crippen LogP contribution is -2.51. The van der Waals surface area contributed by atoms with Crippen LogP contribution in [-0.2, 0) is 9.59 Å². The van der Waals surface area contributed by atoms with Crippen LogP contribution in [0.25, 0.3) is 0 Å². The van der Waals surface area contributed by atoms with Gasteiger partial charge in [0.2, 0.25) is 0 Å². The number of piperazine rings is 1. The fourth-order valence-electron chi connectivity index (χ4n) is 2.23. The molecule has 1 aliphatic rings. The summed E-state index contributed by atoms with van der Waals surface area (Å²) < 4.78 is 0. The minimum atomic E-state index is -0.505. The van der Waals surface area contributed by atoms with Gasteiger partial charge in [-0.2, -0.15) is 0 Å². The van der Waals surface area contributed by atoms with Crippen LogP contribution < -0.4 is 10.6 Å². The Kier molecular flexibility index (Phi) is 5.12. The van der Waals surface area contributed by atoms with Crippen LogP contribution in [0.2, 0.25) is 0 Å². The van der Waals surface area contributed by atoms with E-state index in [9.17, 15) is 9.59 Å². The minimum absolute atomic E-state index is 0.191. The molecule has 5 nitrogen and oxygen atoms in total. The van der Waals surface area contributed by atoms with Gasteiger partial charge in [-0.1, -0.05) is 37.3 Å². The molecule has 5 heteroatoms. The Bertz CT molecular complexity index is 455. The van der Waals surface area contributed by atoms with E-state index >= 15 is 0 Å². The van der Waals surface area contributed by atoms with Gasteiger partial charge in [0, 0.05) is 32.7 Å². The Labute approximate surface area is 119 Å². The summed E-state index contributed by atoms with van der Waals surface area (Å²) in [5.74, 6) is -0.739. The average Bonchev–Trinajstić information content (AvgIpc) is 2.53. The number of hydrogen-bond donors (Lipinski definition) is 2. The van der Waals surface area contributed by atoms with E-state index in [2.05, 4.69) is 10.6 Å². The molecule has 2 N–H and O–H groups in total. The van der Waals surface area contributed by atoms with E-state index in [1.165, 1.54) is 0 Å². The molecule has 1 aromatic rings. The molecular weight excluding hydrogens is 254 g/mol. The Morgan fingerprint density at radius 2 is 1.90 bits per heavy atom. The summed E-state index contributed by atoms with van der Waals surface area (Å²) in [6.45, 7) is 5.20. The van der Waals surface area contributed by atoms with Crippen molar-refractivity contribution in [1.82, 2.24) is 15.5 Å². The largest absolute Gasteiger partial charge is 0.347 e. The second kappa shape index (κ2) is 7.05. The number of carbonyl (C=O) groups is 2. The fraction of sp³-hybridized carbons (Fsp3) is 0.467. The van der Waals surface area contributed by atoms with Gasteiger partial charge in [0.25, 0.3) is 0 Å². The van der Waals surface area contributed by atoms with E-state index in [0.29, 0.717) is 19.6 Å². The van der Waals surface area contributed by atoms with Crippen molar-refractivity contribution < 1.29 is 9.59 Å². The van der Waals surface area contributed by atoms with Crippen molar-refractivity contribution in [3.63, 3.8) is 0 Å². The summed E-state index contributed by atoms with van der Waals surface area (Å²) in [6, 6.07) is 9.95. The lowest BCUT2D eigenvalue weighted by Gasteiger charge is -2.26. The highest BCUT2D eigenvalue weighted by atomic mass is 16.2. The van der Waals surface area contributed by atoms with Crippen molar-refractivity contribution in [3.8, 4) is 0 Å². The number of benzene rings is 1. The van der Waals surface area contributed by atoms with Crippen LogP contribution in [-0.4, -0.2) is 49.4 Å². The first-order valence-electron chi connectivity index (χ1n) is 7.01. The molecule has 1 heterocycles. The number of carbonyl (C=O) groups excluding carboxylic acids is 2. The van der Waals surface area contributed by atoms with Gasteiger partial charge in [-0.05, 0) is 11.5 Å². The summed E-state index contributed by atoms with van der Waals surface area (Å²) in [4.78, 5) is 25.4. The third-order valence-electron chi connectivity index (χ3n) is 3.54. The van der Waals surface area contributed by atoms with Gasteiger partial charge in [-0.25, -0.2) is 0 Å². The van der Waals surface area contributed by atoms with Crippen LogP contribution >= 0.6 is 0 Å². The molecule has 1 unspecified atom stereocenters. The van der Waals surface area contributed by atoms with Gasteiger partial charge in [0.05, 0.1) is 0 Å². The Hall–Kier alpha value is -1.88. The van der Waals surface area contributed by atoms with E-state index in [4.69, 9.17) is 0 Å². The van der Waals surface area contributed by atoms with Crippen molar-refractivity contribution in [2.24, 2.45) is 0 Å². The number of rotatable bonds is 3. The fourth-order valence-corrected chi connectivity index (χ4v) is 2.23. The first-order chi connectivity index (χ1) is 9.68. The first-order valence-corrected chi connectivity index (χ1v) is 7.01. The van der Waals surface area contributed by atoms with E-state index in [-0.39, 0.29) is 5.92 Å². The Morgan fingerprint density at radius 1 is 1.25 bits per heavy atom. The highest BCUT2D eigenvalue weighted by Crippen LogP contribution is 2.12. The zero-order chi connectivity index (χ0) is 14.4. The van der Waals surface area contributed by atoms with Crippen LogP contribution in [0.5, 0.6) is 0 Å². The quantitative estimate of drug-likeness (QED) is 0.782. The van der Waals surface area contributed by atoms with Crippen molar-refractivity contribution in [3.05, 3.63) is 35.9 Å². The molecule has 1 fully saturated rings. The average molecular weight is 275 g/mol. The van der Waals surface area contributed by atoms with Gasteiger partial charge in [-0.15, -0.1) is 0 Å². The van der Waals surface area contributed by atoms with E-state index in [1.54, 1.807) is 4.90 Å². The maximum Gasteiger partial charge on any atom is 0.311 e. The monoisotopic (exact) mass is 275 g/mol. The predicted molar refractivity (Wildman–Crippen MR) is 77.3 cm³/mol. The molecule has 1 aromatic carbocycles. The van der Waals surface area contributed by atoms with Crippen LogP contribution in [0.15, 0.2) is 30.3 Å². The second-order valence-corrected chi connectivity index (χ2v) is 5.06. The van der Waals surface area contributed by atoms with Crippen molar-refractivity contribution in [1.29, 1.82) is 0 Å². The molecule has 2 amide bonds. The SMILES string of the molecule is CC(CNC(=O)C(=O)N1CCNCC1)c1ccccc1. The van der Waals surface area contributed by atoms with Gasteiger partial charge in [0.15, 0.2) is 0 Å². The van der Waals surface area contributed by atoms with Gasteiger partial charge < -0.3 is 15.5 Å². The topological polar surface area (TPSA) is 61.4 Å². The summed E-state index contributed by atoms with van der Waals surface area (Å²) in [7, 11) is 0. The predicted octanol–water partition coefficient (Wildman–Crippen LogP) is 0.338. The number of nitrogens with one attached hydrogen (secondary N) is 2. The first kappa shape index (κ1) is 14.5. The molecule has 1 aliphatic heterocycles. The summed E-state index contributed by atoms with van der Waals surface area (Å²) in [5, 5.41) is 5.88. The maximum atomic E-state index is 11.9. The van der Waals surface area contributed by atoms with Crippen molar-refractivity contribution in [2.45, 2.75) is 12.8 Å². The Morgan fingerprint density at radius 3 is 2.55 bits per heavy atom. The zero-order valence-corrected chi connectivity index (χ0v) is 11.8. The molecule has 0 spiro atoms. The molecule has 1 atom stereocenters. The second-order valence-electron chi connectivity index (χ2n) is 5.06. The highest BCUT2D eigenvalue weighted by Gasteiger charge is 2.23. The van der Waals surface area contributed by atoms with Crippen molar-refractivity contribution >= 4 is 11.8 Å². The minimum Gasteiger partial charge on any atom is -0.347 e. The number of amides is 2. The molecule has 20 heavy (non-hydrogen) atoms. The molecule has 0 saturated carbocycles. The van der Waals surface area contributed by atoms with Gasteiger partial charge >= 0.3 is 11.8 Å². The molecule has 2 rings (SSSR count). The molecule has 0 radical (unpaired) electrons. The summed E-state index contributed by atoms with van der Waals surface area (Å²) >= 11 is 0. The molecule has 0 aromatic heterocycles. The number of nitrogens with zero attached hydrogens (tertiary/aromatic N) is 1. The summed E-state index contributed by atoms with van der Waals surface area (Å²) in [6.07, 6.45) is 0. The number of hydrogen-bond acceptors (Lipinski definition) is 3. The van der Waals surface area contributed by atoms with Gasteiger partial charge in [-0.3, -0.25) is 9.59 Å². The highest BCUT2D eigenvalue weighted by molar-refractivity contribution is 6.35. The lowest BCUT2D eigenvalue weighted by atomic mass is 10.0. The zero-order valence-electron chi connectivity index (χ0n) is 11.8.